The number of aliphatic hydroxyl groups is 3. The standard InChI is InChI=1S/C25H40N4O7/c1-6-34-21-18(26-3)20(30)19(27-4)22-23(21)35-15-25(32,36-22)24(31,12-16(2)33-5)14-29-11-9-17-8-7-10-28-13-17/h1,7-8,10,13,16,18-23,26-27,29-32H,9,11-12,14-15H2,2-5H3. The lowest BCUT2D eigenvalue weighted by molar-refractivity contribution is -0.394. The Morgan fingerprint density at radius 3 is 2.69 bits per heavy atom. The molecule has 2 heterocycles. The van der Waals surface area contributed by atoms with Crippen LogP contribution >= 0.6 is 0 Å². The van der Waals surface area contributed by atoms with Crippen LogP contribution in [0, 0.1) is 12.5 Å². The van der Waals surface area contributed by atoms with Crippen molar-refractivity contribution >= 4 is 0 Å². The van der Waals surface area contributed by atoms with Crippen LogP contribution < -0.4 is 16.0 Å². The second-order valence-electron chi connectivity index (χ2n) is 9.53. The number of hydrogen-bond donors (Lipinski definition) is 6. The molecule has 11 nitrogen and oxygen atoms in total. The summed E-state index contributed by atoms with van der Waals surface area (Å²) in [6.07, 6.45) is 8.15. The first-order valence-corrected chi connectivity index (χ1v) is 12.2. The Morgan fingerprint density at radius 1 is 1.33 bits per heavy atom. The highest BCUT2D eigenvalue weighted by atomic mass is 16.7. The minimum atomic E-state index is -2.11. The number of nitrogens with one attached hydrogen (secondary N) is 3. The van der Waals surface area contributed by atoms with Crippen LogP contribution in [0.4, 0.5) is 0 Å². The van der Waals surface area contributed by atoms with Crippen LogP contribution in [0.3, 0.4) is 0 Å². The number of rotatable bonds is 12. The summed E-state index contributed by atoms with van der Waals surface area (Å²) in [6, 6.07) is 2.65. The van der Waals surface area contributed by atoms with Crippen LogP contribution in [0.1, 0.15) is 18.9 Å². The van der Waals surface area contributed by atoms with Gasteiger partial charge in [-0.3, -0.25) is 4.98 Å². The maximum Gasteiger partial charge on any atom is 0.220 e. The van der Waals surface area contributed by atoms with Crippen molar-refractivity contribution in [3.63, 3.8) is 0 Å². The maximum atomic E-state index is 11.8. The fourth-order valence-corrected chi connectivity index (χ4v) is 5.14. The lowest BCUT2D eigenvalue weighted by Gasteiger charge is -2.56. The third-order valence-corrected chi connectivity index (χ3v) is 7.25. The molecule has 9 unspecified atom stereocenters. The monoisotopic (exact) mass is 508 g/mol. The minimum absolute atomic E-state index is 0.00834. The van der Waals surface area contributed by atoms with E-state index in [1.165, 1.54) is 7.11 Å². The molecule has 11 heteroatoms. The highest BCUT2D eigenvalue weighted by Crippen LogP contribution is 2.40. The van der Waals surface area contributed by atoms with Gasteiger partial charge in [-0.1, -0.05) is 12.5 Å². The second kappa shape index (κ2) is 12.6. The van der Waals surface area contributed by atoms with Gasteiger partial charge < -0.3 is 50.2 Å². The van der Waals surface area contributed by atoms with E-state index in [4.69, 9.17) is 25.4 Å². The highest BCUT2D eigenvalue weighted by molar-refractivity contribution is 5.12. The summed E-state index contributed by atoms with van der Waals surface area (Å²) in [5.41, 5.74) is -0.738. The predicted molar refractivity (Wildman–Crippen MR) is 132 cm³/mol. The molecule has 2 fully saturated rings. The van der Waals surface area contributed by atoms with Gasteiger partial charge >= 0.3 is 0 Å². The molecule has 0 amide bonds. The predicted octanol–water partition coefficient (Wildman–Crippen LogP) is -1.63. The van der Waals surface area contributed by atoms with Gasteiger partial charge in [0.05, 0.1) is 24.3 Å². The van der Waals surface area contributed by atoms with Crippen LogP contribution in [0.2, 0.25) is 0 Å². The van der Waals surface area contributed by atoms with Gasteiger partial charge in [0.1, 0.15) is 30.5 Å². The third-order valence-electron chi connectivity index (χ3n) is 7.25. The molecule has 6 N–H and O–H groups in total. The molecule has 202 valence electrons. The van der Waals surface area contributed by atoms with Gasteiger partial charge in [-0.2, -0.15) is 0 Å². The van der Waals surface area contributed by atoms with Crippen molar-refractivity contribution in [1.29, 1.82) is 0 Å². The summed E-state index contributed by atoms with van der Waals surface area (Å²) in [5.74, 6) is -2.11. The zero-order valence-electron chi connectivity index (χ0n) is 21.4. The lowest BCUT2D eigenvalue weighted by atomic mass is 9.78. The number of aliphatic hydroxyl groups excluding tert-OH is 1. The van der Waals surface area contributed by atoms with Crippen molar-refractivity contribution in [3.05, 3.63) is 30.1 Å². The molecule has 2 aliphatic rings. The number of nitrogens with zero attached hydrogens (tertiary/aromatic N) is 1. The van der Waals surface area contributed by atoms with Gasteiger partial charge in [-0.05, 0) is 45.6 Å². The molecule has 36 heavy (non-hydrogen) atoms. The Bertz CT molecular complexity index is 859. The van der Waals surface area contributed by atoms with Crippen LogP contribution in [0.5, 0.6) is 0 Å². The van der Waals surface area contributed by atoms with Crippen LogP contribution in [0.15, 0.2) is 24.5 Å². The number of terminal acetylenes is 1. The van der Waals surface area contributed by atoms with Crippen molar-refractivity contribution in [3.8, 4) is 12.5 Å². The number of fused-ring (bicyclic) bond motifs is 1. The van der Waals surface area contributed by atoms with Gasteiger partial charge in [0.15, 0.2) is 6.10 Å². The highest BCUT2D eigenvalue weighted by Gasteiger charge is 2.62. The first-order valence-electron chi connectivity index (χ1n) is 12.2. The largest absolute Gasteiger partial charge is 0.439 e. The van der Waals surface area contributed by atoms with E-state index in [2.05, 4.69) is 27.0 Å². The molecule has 1 aliphatic heterocycles. The molecule has 1 saturated carbocycles. The normalized spacial score (nSPS) is 34.7. The number of ether oxygens (including phenoxy) is 4. The van der Waals surface area contributed by atoms with Crippen LogP contribution in [-0.4, -0.2) is 115 Å². The Kier molecular flexibility index (Phi) is 10.1. The number of pyridine rings is 1. The molecule has 3 rings (SSSR count). The van der Waals surface area contributed by atoms with E-state index < -0.39 is 47.9 Å². The average Bonchev–Trinajstić information content (AvgIpc) is 2.87. The average molecular weight is 509 g/mol. The van der Waals surface area contributed by atoms with E-state index in [1.54, 1.807) is 33.4 Å². The number of methoxy groups -OCH3 is 1. The van der Waals surface area contributed by atoms with Gasteiger partial charge in [-0.15, -0.1) is 0 Å². The minimum Gasteiger partial charge on any atom is -0.439 e. The molecule has 1 saturated heterocycles. The van der Waals surface area contributed by atoms with E-state index >= 15 is 0 Å². The van der Waals surface area contributed by atoms with Crippen molar-refractivity contribution in [1.82, 2.24) is 20.9 Å². The zero-order chi connectivity index (χ0) is 26.3. The van der Waals surface area contributed by atoms with Gasteiger partial charge in [0.2, 0.25) is 5.79 Å². The first-order chi connectivity index (χ1) is 17.2. The quantitative estimate of drug-likeness (QED) is 0.143. The molecular weight excluding hydrogens is 468 g/mol. The molecule has 9 atom stereocenters. The molecule has 0 spiro atoms. The Labute approximate surface area is 212 Å². The summed E-state index contributed by atoms with van der Waals surface area (Å²) in [7, 11) is 4.90. The third kappa shape index (κ3) is 5.99. The molecular formula is C25H40N4O7. The second-order valence-corrected chi connectivity index (χ2v) is 9.53. The zero-order valence-corrected chi connectivity index (χ0v) is 21.4. The molecule has 1 aromatic heterocycles. The molecule has 0 radical (unpaired) electrons. The van der Waals surface area contributed by atoms with E-state index in [-0.39, 0.29) is 25.7 Å². The van der Waals surface area contributed by atoms with Crippen molar-refractivity contribution in [2.45, 2.75) is 73.8 Å². The summed E-state index contributed by atoms with van der Waals surface area (Å²) >= 11 is 0. The SMILES string of the molecule is C#COC1C(NC)C(O)C(NC)C2OC(O)(C(O)(CNCCc3cccnc3)CC(C)OC)COC12. The number of hydrogen-bond acceptors (Lipinski definition) is 11. The Hall–Kier alpha value is -1.85. The smallest absolute Gasteiger partial charge is 0.220 e. The van der Waals surface area contributed by atoms with Gasteiger partial charge in [0.25, 0.3) is 0 Å². The van der Waals surface area contributed by atoms with Crippen molar-refractivity contribution in [2.24, 2.45) is 0 Å². The summed E-state index contributed by atoms with van der Waals surface area (Å²) in [4.78, 5) is 4.11. The van der Waals surface area contributed by atoms with Crippen LogP contribution in [-0.2, 0) is 25.4 Å². The number of likely N-dealkylation sites (N-methyl/N-ethyl adjacent to an activating group) is 2. The Morgan fingerprint density at radius 2 is 2.08 bits per heavy atom. The lowest BCUT2D eigenvalue weighted by Crippen LogP contribution is -2.77. The maximum absolute atomic E-state index is 11.8. The topological polar surface area (TPSA) is 147 Å². The molecule has 0 aromatic carbocycles. The molecule has 1 aromatic rings. The number of aromatic nitrogens is 1. The summed E-state index contributed by atoms with van der Waals surface area (Å²) < 4.78 is 23.2. The van der Waals surface area contributed by atoms with E-state index in [0.717, 1.165) is 5.56 Å². The fourth-order valence-electron chi connectivity index (χ4n) is 5.14. The van der Waals surface area contributed by atoms with Gasteiger partial charge in [0, 0.05) is 32.5 Å². The Balaban J connectivity index is 1.81. The van der Waals surface area contributed by atoms with Crippen LogP contribution in [0.25, 0.3) is 0 Å². The van der Waals surface area contributed by atoms with E-state index in [9.17, 15) is 15.3 Å². The van der Waals surface area contributed by atoms with Crippen molar-refractivity contribution < 1.29 is 34.3 Å². The van der Waals surface area contributed by atoms with E-state index in [0.29, 0.717) is 13.0 Å². The van der Waals surface area contributed by atoms with Crippen molar-refractivity contribution in [2.75, 3.05) is 40.9 Å². The van der Waals surface area contributed by atoms with E-state index in [1.807, 2.05) is 12.1 Å². The summed E-state index contributed by atoms with van der Waals surface area (Å²) in [5, 5.41) is 43.8. The molecule has 0 bridgehead atoms. The summed E-state index contributed by atoms with van der Waals surface area (Å²) in [6.45, 7) is 2.01. The fraction of sp³-hybridized carbons (Fsp3) is 0.720. The molecule has 1 aliphatic carbocycles. The van der Waals surface area contributed by atoms with Gasteiger partial charge in [-0.25, -0.2) is 0 Å². The first kappa shape index (κ1) is 28.7.